The largest absolute Gasteiger partial charge is 0.447 e. The molecular weight excluding hydrogens is 296 g/mol. The summed E-state index contributed by atoms with van der Waals surface area (Å²) in [4.78, 5) is 13.9. The van der Waals surface area contributed by atoms with E-state index in [1.165, 1.54) is 0 Å². The maximum atomic E-state index is 12.1. The molecule has 2 aliphatic heterocycles. The second-order valence-corrected chi connectivity index (χ2v) is 5.67. The molecule has 0 radical (unpaired) electrons. The Bertz CT molecular complexity index is 472. The molecule has 2 saturated heterocycles. The van der Waals surface area contributed by atoms with Crippen LogP contribution in [0.1, 0.15) is 12.8 Å². The Morgan fingerprint density at radius 1 is 1.28 bits per heavy atom. The molecular formula is C13H15BrN2O2. The average molecular weight is 311 g/mol. The number of para-hydroxylation sites is 1. The van der Waals surface area contributed by atoms with Crippen LogP contribution in [-0.4, -0.2) is 31.3 Å². The predicted octanol–water partition coefficient (Wildman–Crippen LogP) is 2.53. The summed E-state index contributed by atoms with van der Waals surface area (Å²) in [6.45, 7) is 2.35. The fourth-order valence-corrected chi connectivity index (χ4v) is 3.23. The van der Waals surface area contributed by atoms with Gasteiger partial charge in [0.05, 0.1) is 11.2 Å². The summed E-state index contributed by atoms with van der Waals surface area (Å²) >= 11 is 3.52. The third kappa shape index (κ3) is 1.82. The Balaban J connectivity index is 2.02. The first-order valence-electron chi connectivity index (χ1n) is 6.15. The number of hydrogen-bond donors (Lipinski definition) is 1. The Hall–Kier alpha value is -1.07. The maximum Gasteiger partial charge on any atom is 0.415 e. The quantitative estimate of drug-likeness (QED) is 0.866. The number of rotatable bonds is 1. The lowest BCUT2D eigenvalue weighted by Crippen LogP contribution is -2.54. The molecule has 0 aliphatic carbocycles. The summed E-state index contributed by atoms with van der Waals surface area (Å²) in [5, 5.41) is 3.33. The summed E-state index contributed by atoms with van der Waals surface area (Å²) in [5.74, 6) is 0. The van der Waals surface area contributed by atoms with Crippen LogP contribution in [0, 0.1) is 0 Å². The standard InChI is InChI=1S/C13H15BrN2O2/c14-10-3-1-2-4-11(10)16-12(17)18-9-13(16)5-7-15-8-6-13/h1-4,15H,5-9H2. The Morgan fingerprint density at radius 3 is 2.72 bits per heavy atom. The zero-order valence-corrected chi connectivity index (χ0v) is 11.6. The number of halogens is 1. The van der Waals surface area contributed by atoms with E-state index in [9.17, 15) is 4.79 Å². The lowest BCUT2D eigenvalue weighted by molar-refractivity contribution is 0.167. The smallest absolute Gasteiger partial charge is 0.415 e. The second kappa shape index (κ2) is 4.55. The Labute approximate surface area is 114 Å². The van der Waals surface area contributed by atoms with Crippen molar-refractivity contribution in [3.05, 3.63) is 28.7 Å². The molecule has 0 saturated carbocycles. The Morgan fingerprint density at radius 2 is 2.00 bits per heavy atom. The van der Waals surface area contributed by atoms with E-state index in [4.69, 9.17) is 4.74 Å². The molecule has 96 valence electrons. The molecule has 2 heterocycles. The maximum absolute atomic E-state index is 12.1. The number of nitrogens with zero attached hydrogens (tertiary/aromatic N) is 1. The zero-order chi connectivity index (χ0) is 12.6. The highest BCUT2D eigenvalue weighted by atomic mass is 79.9. The van der Waals surface area contributed by atoms with Crippen LogP contribution >= 0.6 is 15.9 Å². The van der Waals surface area contributed by atoms with Gasteiger partial charge in [-0.2, -0.15) is 0 Å². The van der Waals surface area contributed by atoms with Crippen LogP contribution in [0.3, 0.4) is 0 Å². The summed E-state index contributed by atoms with van der Waals surface area (Å²) in [6.07, 6.45) is 1.63. The average Bonchev–Trinajstić information content (AvgIpc) is 2.69. The van der Waals surface area contributed by atoms with E-state index in [0.717, 1.165) is 36.1 Å². The van der Waals surface area contributed by atoms with Gasteiger partial charge in [0.25, 0.3) is 0 Å². The van der Waals surface area contributed by atoms with Gasteiger partial charge in [-0.1, -0.05) is 12.1 Å². The fourth-order valence-electron chi connectivity index (χ4n) is 2.77. The summed E-state index contributed by atoms with van der Waals surface area (Å²) in [5.41, 5.74) is 0.730. The molecule has 2 aliphatic rings. The summed E-state index contributed by atoms with van der Waals surface area (Å²) in [7, 11) is 0. The van der Waals surface area contributed by atoms with Crippen molar-refractivity contribution in [1.82, 2.24) is 5.32 Å². The van der Waals surface area contributed by atoms with Crippen LogP contribution in [0.15, 0.2) is 28.7 Å². The van der Waals surface area contributed by atoms with E-state index in [1.54, 1.807) is 0 Å². The number of carbonyl (C=O) groups is 1. The molecule has 0 bridgehead atoms. The number of ether oxygens (including phenoxy) is 1. The van der Waals surface area contributed by atoms with Crippen molar-refractivity contribution in [2.24, 2.45) is 0 Å². The topological polar surface area (TPSA) is 41.6 Å². The van der Waals surface area contributed by atoms with Gasteiger partial charge in [-0.15, -0.1) is 0 Å². The van der Waals surface area contributed by atoms with Gasteiger partial charge in [-0.25, -0.2) is 4.79 Å². The normalized spacial score (nSPS) is 22.3. The summed E-state index contributed by atoms with van der Waals surface area (Å²) < 4.78 is 6.24. The molecule has 1 amide bonds. The van der Waals surface area contributed by atoms with Crippen molar-refractivity contribution in [3.8, 4) is 0 Å². The van der Waals surface area contributed by atoms with Crippen LogP contribution in [0.5, 0.6) is 0 Å². The molecule has 1 aromatic rings. The third-order valence-corrected chi connectivity index (χ3v) is 4.42. The first-order chi connectivity index (χ1) is 8.73. The van der Waals surface area contributed by atoms with Crippen LogP contribution in [0.2, 0.25) is 0 Å². The second-order valence-electron chi connectivity index (χ2n) is 4.82. The minimum atomic E-state index is -0.233. The number of hydrogen-bond acceptors (Lipinski definition) is 3. The summed E-state index contributed by atoms with van der Waals surface area (Å²) in [6, 6.07) is 7.81. The van der Waals surface area contributed by atoms with Gasteiger partial charge in [-0.05, 0) is 54.0 Å². The minimum Gasteiger partial charge on any atom is -0.447 e. The van der Waals surface area contributed by atoms with Crippen molar-refractivity contribution in [2.45, 2.75) is 18.4 Å². The minimum absolute atomic E-state index is 0.174. The predicted molar refractivity (Wildman–Crippen MR) is 72.8 cm³/mol. The van der Waals surface area contributed by atoms with Gasteiger partial charge < -0.3 is 10.1 Å². The highest BCUT2D eigenvalue weighted by Crippen LogP contribution is 2.39. The van der Waals surface area contributed by atoms with E-state index in [0.29, 0.717) is 6.61 Å². The fraction of sp³-hybridized carbons (Fsp3) is 0.462. The number of carbonyl (C=O) groups excluding carboxylic acids is 1. The first-order valence-corrected chi connectivity index (χ1v) is 6.94. The molecule has 0 aromatic heterocycles. The number of nitrogens with one attached hydrogen (secondary N) is 1. The van der Waals surface area contributed by atoms with Crippen molar-refractivity contribution in [1.29, 1.82) is 0 Å². The Kier molecular flexibility index (Phi) is 3.03. The highest BCUT2D eigenvalue weighted by Gasteiger charge is 2.49. The molecule has 4 nitrogen and oxygen atoms in total. The zero-order valence-electron chi connectivity index (χ0n) is 9.99. The van der Waals surface area contributed by atoms with E-state index in [-0.39, 0.29) is 11.6 Å². The molecule has 5 heteroatoms. The van der Waals surface area contributed by atoms with E-state index >= 15 is 0 Å². The number of cyclic esters (lactones) is 1. The lowest BCUT2D eigenvalue weighted by Gasteiger charge is -2.39. The molecule has 0 atom stereocenters. The molecule has 0 unspecified atom stereocenters. The molecule has 2 fully saturated rings. The van der Waals surface area contributed by atoms with Crippen LogP contribution in [0.4, 0.5) is 10.5 Å². The van der Waals surface area contributed by atoms with Crippen molar-refractivity contribution in [2.75, 3.05) is 24.6 Å². The van der Waals surface area contributed by atoms with Crippen LogP contribution in [-0.2, 0) is 4.74 Å². The molecule has 1 N–H and O–H groups in total. The van der Waals surface area contributed by atoms with Crippen LogP contribution < -0.4 is 10.2 Å². The van der Waals surface area contributed by atoms with E-state index < -0.39 is 0 Å². The SMILES string of the molecule is O=C1OCC2(CCNCC2)N1c1ccccc1Br. The van der Waals surface area contributed by atoms with Gasteiger partial charge in [0, 0.05) is 4.47 Å². The number of amides is 1. The highest BCUT2D eigenvalue weighted by molar-refractivity contribution is 9.10. The molecule has 3 rings (SSSR count). The number of anilines is 1. The van der Waals surface area contributed by atoms with E-state index in [1.807, 2.05) is 29.2 Å². The third-order valence-electron chi connectivity index (χ3n) is 3.75. The van der Waals surface area contributed by atoms with Crippen molar-refractivity contribution in [3.63, 3.8) is 0 Å². The monoisotopic (exact) mass is 310 g/mol. The van der Waals surface area contributed by atoms with Gasteiger partial charge >= 0.3 is 6.09 Å². The first kappa shape index (κ1) is 12.0. The molecule has 18 heavy (non-hydrogen) atoms. The van der Waals surface area contributed by atoms with Crippen LogP contribution in [0.25, 0.3) is 0 Å². The van der Waals surface area contributed by atoms with Crippen molar-refractivity contribution < 1.29 is 9.53 Å². The lowest BCUT2D eigenvalue weighted by atomic mass is 9.88. The van der Waals surface area contributed by atoms with Gasteiger partial charge in [0.2, 0.25) is 0 Å². The van der Waals surface area contributed by atoms with Gasteiger partial charge in [-0.3, -0.25) is 4.90 Å². The number of piperidine rings is 1. The van der Waals surface area contributed by atoms with Crippen molar-refractivity contribution >= 4 is 27.7 Å². The van der Waals surface area contributed by atoms with Gasteiger partial charge in [0.1, 0.15) is 6.61 Å². The number of benzene rings is 1. The van der Waals surface area contributed by atoms with Gasteiger partial charge in [0.15, 0.2) is 0 Å². The molecule has 1 spiro atoms. The molecule has 1 aromatic carbocycles. The van der Waals surface area contributed by atoms with E-state index in [2.05, 4.69) is 21.2 Å².